The lowest BCUT2D eigenvalue weighted by Gasteiger charge is -2.28. The fourth-order valence-corrected chi connectivity index (χ4v) is 4.82. The average molecular weight is 565 g/mol. The Labute approximate surface area is 233 Å². The standard InChI is InChI=1S/C30H27F3N4O4/c31-30(32,33)23-10-8-20(9-11-23)18-35(15-14-22-17-34-27-7-2-1-6-26(22)27)28(38)19-36(24-12-13-24)29(39)21-4-3-5-25(16-21)37(40)41/h1-11,16-17,24,34H,12-15,18-19H2. The fraction of sp³-hybridized carbons (Fsp3) is 0.267. The van der Waals surface area contributed by atoms with Gasteiger partial charge in [-0.05, 0) is 54.7 Å². The van der Waals surface area contributed by atoms with E-state index < -0.39 is 22.6 Å². The average Bonchev–Trinajstić information content (AvgIpc) is 3.72. The van der Waals surface area contributed by atoms with Crippen LogP contribution in [0.1, 0.15) is 39.9 Å². The van der Waals surface area contributed by atoms with Crippen molar-refractivity contribution in [2.45, 2.75) is 38.0 Å². The van der Waals surface area contributed by atoms with Crippen LogP contribution in [0.2, 0.25) is 0 Å². The highest BCUT2D eigenvalue weighted by atomic mass is 19.4. The highest BCUT2D eigenvalue weighted by Crippen LogP contribution is 2.31. The molecule has 0 aliphatic heterocycles. The van der Waals surface area contributed by atoms with Gasteiger partial charge in [-0.25, -0.2) is 0 Å². The number of rotatable bonds is 10. The van der Waals surface area contributed by atoms with Gasteiger partial charge in [0.25, 0.3) is 11.6 Å². The summed E-state index contributed by atoms with van der Waals surface area (Å²) in [7, 11) is 0. The van der Waals surface area contributed by atoms with Crippen LogP contribution in [0.25, 0.3) is 10.9 Å². The molecule has 11 heteroatoms. The summed E-state index contributed by atoms with van der Waals surface area (Å²) in [6, 6.07) is 17.6. The van der Waals surface area contributed by atoms with E-state index in [2.05, 4.69) is 4.98 Å². The molecule has 0 spiro atoms. The molecule has 1 aromatic heterocycles. The number of alkyl halides is 3. The van der Waals surface area contributed by atoms with E-state index in [4.69, 9.17) is 0 Å². The summed E-state index contributed by atoms with van der Waals surface area (Å²) in [5.41, 5.74) is 1.57. The van der Waals surface area contributed by atoms with Crippen LogP contribution in [0.3, 0.4) is 0 Å². The lowest BCUT2D eigenvalue weighted by Crippen LogP contribution is -2.44. The molecular formula is C30H27F3N4O4. The van der Waals surface area contributed by atoms with E-state index in [0.717, 1.165) is 28.6 Å². The van der Waals surface area contributed by atoms with Crippen molar-refractivity contribution in [2.75, 3.05) is 13.1 Å². The third-order valence-electron chi connectivity index (χ3n) is 7.19. The highest BCUT2D eigenvalue weighted by molar-refractivity contribution is 5.97. The molecule has 1 aliphatic rings. The highest BCUT2D eigenvalue weighted by Gasteiger charge is 2.36. The van der Waals surface area contributed by atoms with Crippen molar-refractivity contribution in [2.24, 2.45) is 0 Å². The predicted octanol–water partition coefficient (Wildman–Crippen LogP) is 5.97. The molecule has 5 rings (SSSR count). The van der Waals surface area contributed by atoms with Gasteiger partial charge >= 0.3 is 6.18 Å². The quantitative estimate of drug-likeness (QED) is 0.189. The van der Waals surface area contributed by atoms with E-state index in [1.54, 1.807) is 4.90 Å². The van der Waals surface area contributed by atoms with E-state index in [0.29, 0.717) is 24.8 Å². The lowest BCUT2D eigenvalue weighted by atomic mass is 10.1. The second-order valence-electron chi connectivity index (χ2n) is 10.1. The molecule has 2 amide bonds. The van der Waals surface area contributed by atoms with E-state index >= 15 is 0 Å². The van der Waals surface area contributed by atoms with Crippen molar-refractivity contribution in [1.82, 2.24) is 14.8 Å². The monoisotopic (exact) mass is 564 g/mol. The summed E-state index contributed by atoms with van der Waals surface area (Å²) in [6.07, 6.45) is -0.697. The van der Waals surface area contributed by atoms with Crippen molar-refractivity contribution < 1.29 is 27.7 Å². The maximum atomic E-state index is 13.7. The van der Waals surface area contributed by atoms with Gasteiger partial charge in [0, 0.05) is 53.9 Å². The fourth-order valence-electron chi connectivity index (χ4n) is 4.82. The summed E-state index contributed by atoms with van der Waals surface area (Å²) in [6.45, 7) is 0.0781. The van der Waals surface area contributed by atoms with E-state index in [1.165, 1.54) is 41.3 Å². The Morgan fingerprint density at radius 1 is 1.00 bits per heavy atom. The summed E-state index contributed by atoms with van der Waals surface area (Å²) in [5, 5.41) is 12.2. The molecule has 1 heterocycles. The molecule has 1 aliphatic carbocycles. The first-order valence-corrected chi connectivity index (χ1v) is 13.1. The zero-order valence-electron chi connectivity index (χ0n) is 21.9. The van der Waals surface area contributed by atoms with Crippen LogP contribution >= 0.6 is 0 Å². The van der Waals surface area contributed by atoms with E-state index in [1.807, 2.05) is 30.5 Å². The normalized spacial score (nSPS) is 13.2. The summed E-state index contributed by atoms with van der Waals surface area (Å²) in [5.74, 6) is -0.842. The van der Waals surface area contributed by atoms with Crippen LogP contribution in [-0.2, 0) is 23.9 Å². The first kappa shape index (κ1) is 27.9. The third kappa shape index (κ3) is 6.56. The van der Waals surface area contributed by atoms with Crippen LogP contribution in [0.15, 0.2) is 79.0 Å². The number of nitrogens with one attached hydrogen (secondary N) is 1. The first-order chi connectivity index (χ1) is 19.6. The van der Waals surface area contributed by atoms with Gasteiger partial charge in [0.2, 0.25) is 5.91 Å². The van der Waals surface area contributed by atoms with Gasteiger partial charge in [-0.1, -0.05) is 36.4 Å². The number of benzene rings is 3. The third-order valence-corrected chi connectivity index (χ3v) is 7.19. The largest absolute Gasteiger partial charge is 0.416 e. The zero-order valence-corrected chi connectivity index (χ0v) is 21.9. The van der Waals surface area contributed by atoms with Crippen LogP contribution in [0.4, 0.5) is 18.9 Å². The Hall–Kier alpha value is -4.67. The van der Waals surface area contributed by atoms with Gasteiger partial charge in [-0.3, -0.25) is 19.7 Å². The van der Waals surface area contributed by atoms with Gasteiger partial charge < -0.3 is 14.8 Å². The number of para-hydroxylation sites is 1. The molecule has 1 N–H and O–H groups in total. The van der Waals surface area contributed by atoms with E-state index in [-0.39, 0.29) is 42.8 Å². The number of halogens is 3. The number of nitro groups is 1. The molecular weight excluding hydrogens is 537 g/mol. The molecule has 1 fully saturated rings. The van der Waals surface area contributed by atoms with Crippen molar-refractivity contribution in [3.8, 4) is 0 Å². The maximum Gasteiger partial charge on any atom is 0.416 e. The number of H-pyrrole nitrogens is 1. The molecule has 41 heavy (non-hydrogen) atoms. The topological polar surface area (TPSA) is 99.5 Å². The van der Waals surface area contributed by atoms with Crippen molar-refractivity contribution >= 4 is 28.4 Å². The number of aromatic amines is 1. The van der Waals surface area contributed by atoms with Gasteiger partial charge in [-0.15, -0.1) is 0 Å². The van der Waals surface area contributed by atoms with Crippen molar-refractivity contribution in [3.63, 3.8) is 0 Å². The van der Waals surface area contributed by atoms with Crippen LogP contribution in [-0.4, -0.2) is 50.7 Å². The number of amides is 2. The number of aromatic nitrogens is 1. The molecule has 212 valence electrons. The molecule has 0 bridgehead atoms. The second kappa shape index (κ2) is 11.4. The molecule has 4 aromatic rings. The minimum atomic E-state index is -4.47. The van der Waals surface area contributed by atoms with Crippen LogP contribution in [0, 0.1) is 10.1 Å². The number of fused-ring (bicyclic) bond motifs is 1. The predicted molar refractivity (Wildman–Crippen MR) is 146 cm³/mol. The van der Waals surface area contributed by atoms with E-state index in [9.17, 15) is 32.9 Å². The molecule has 8 nitrogen and oxygen atoms in total. The van der Waals surface area contributed by atoms with Crippen LogP contribution in [0.5, 0.6) is 0 Å². The minimum Gasteiger partial charge on any atom is -0.361 e. The smallest absolute Gasteiger partial charge is 0.361 e. The molecule has 0 saturated heterocycles. The van der Waals surface area contributed by atoms with Gasteiger partial charge in [-0.2, -0.15) is 13.2 Å². The Morgan fingerprint density at radius 3 is 2.41 bits per heavy atom. The Kier molecular flexibility index (Phi) is 7.78. The summed E-state index contributed by atoms with van der Waals surface area (Å²) >= 11 is 0. The maximum absolute atomic E-state index is 13.7. The molecule has 3 aromatic carbocycles. The van der Waals surface area contributed by atoms with Crippen LogP contribution < -0.4 is 0 Å². The van der Waals surface area contributed by atoms with Gasteiger partial charge in [0.05, 0.1) is 10.5 Å². The number of nitrogens with zero attached hydrogens (tertiary/aromatic N) is 3. The summed E-state index contributed by atoms with van der Waals surface area (Å²) < 4.78 is 39.3. The Morgan fingerprint density at radius 2 is 1.73 bits per heavy atom. The zero-order chi connectivity index (χ0) is 29.1. The Balaban J connectivity index is 1.37. The molecule has 0 radical (unpaired) electrons. The number of carbonyl (C=O) groups is 2. The lowest BCUT2D eigenvalue weighted by molar-refractivity contribution is -0.384. The van der Waals surface area contributed by atoms with Crippen molar-refractivity contribution in [3.05, 3.63) is 111 Å². The van der Waals surface area contributed by atoms with Gasteiger partial charge in [0.1, 0.15) is 6.54 Å². The minimum absolute atomic E-state index is 0.0584. The first-order valence-electron chi connectivity index (χ1n) is 13.1. The summed E-state index contributed by atoms with van der Waals surface area (Å²) in [4.78, 5) is 43.9. The number of nitro benzene ring substituents is 1. The molecule has 1 saturated carbocycles. The number of carbonyl (C=O) groups excluding carboxylic acids is 2. The van der Waals surface area contributed by atoms with Crippen molar-refractivity contribution in [1.29, 1.82) is 0 Å². The number of hydrogen-bond donors (Lipinski definition) is 1. The number of non-ortho nitro benzene ring substituents is 1. The Bertz CT molecular complexity index is 1580. The number of hydrogen-bond acceptors (Lipinski definition) is 4. The molecule has 0 atom stereocenters. The van der Waals surface area contributed by atoms with Gasteiger partial charge in [0.15, 0.2) is 0 Å². The SMILES string of the molecule is O=C(CN(C(=O)c1cccc([N+](=O)[O-])c1)C1CC1)N(CCc1c[nH]c2ccccc12)Cc1ccc(C(F)(F)F)cc1. The second-order valence-corrected chi connectivity index (χ2v) is 10.1. The molecule has 0 unspecified atom stereocenters.